The Bertz CT molecular complexity index is 276. The van der Waals surface area contributed by atoms with E-state index in [0.29, 0.717) is 6.41 Å². The molecule has 2 rings (SSSR count). The number of nitrogens with zero attached hydrogens (tertiary/aromatic N) is 1. The number of hydrogen-bond acceptors (Lipinski definition) is 4. The zero-order chi connectivity index (χ0) is 13.1. The van der Waals surface area contributed by atoms with Crippen molar-refractivity contribution in [1.82, 2.24) is 15.6 Å². The lowest BCUT2D eigenvalue weighted by Gasteiger charge is -2.22. The highest BCUT2D eigenvalue weighted by atomic mass is 16.3. The summed E-state index contributed by atoms with van der Waals surface area (Å²) in [6.45, 7) is 5.31. The lowest BCUT2D eigenvalue weighted by atomic mass is 10.1. The lowest BCUT2D eigenvalue weighted by molar-refractivity contribution is -0.109. The molecule has 1 aromatic rings. The van der Waals surface area contributed by atoms with Gasteiger partial charge < -0.3 is 15.7 Å². The van der Waals surface area contributed by atoms with Crippen LogP contribution in [0, 0.1) is 6.92 Å². The zero-order valence-electron chi connectivity index (χ0n) is 10.6. The topological polar surface area (TPSA) is 74.2 Å². The molecule has 3 N–H and O–H groups in total. The molecule has 0 aliphatic carbocycles. The second-order valence-electron chi connectivity index (χ2n) is 3.71. The minimum absolute atomic E-state index is 0.218. The third-order valence-electron chi connectivity index (χ3n) is 2.08. The van der Waals surface area contributed by atoms with E-state index >= 15 is 0 Å². The molecule has 1 aliphatic rings. The number of aryl methyl sites for hydroxylation is 1. The van der Waals surface area contributed by atoms with Gasteiger partial charge in [-0.1, -0.05) is 0 Å². The highest BCUT2D eigenvalue weighted by Crippen LogP contribution is 2.03. The van der Waals surface area contributed by atoms with Gasteiger partial charge in [-0.05, 0) is 38.9 Å². The van der Waals surface area contributed by atoms with E-state index in [9.17, 15) is 0 Å². The maximum Gasteiger partial charge on any atom is 0.206 e. The van der Waals surface area contributed by atoms with E-state index in [1.165, 1.54) is 19.2 Å². The number of amides is 1. The molecule has 1 fully saturated rings. The fraction of sp³-hybridized carbons (Fsp3) is 0.500. The van der Waals surface area contributed by atoms with Crippen LogP contribution in [0.3, 0.4) is 0 Å². The molecule has 0 spiro atoms. The number of pyridine rings is 1. The van der Waals surface area contributed by atoms with Crippen LogP contribution >= 0.6 is 0 Å². The molecular formula is C12H21N3O2. The molecule has 17 heavy (non-hydrogen) atoms. The van der Waals surface area contributed by atoms with Crippen LogP contribution in [0.15, 0.2) is 18.3 Å². The van der Waals surface area contributed by atoms with Gasteiger partial charge in [0.1, 0.15) is 5.75 Å². The van der Waals surface area contributed by atoms with Crippen molar-refractivity contribution in [2.45, 2.75) is 26.3 Å². The summed E-state index contributed by atoms with van der Waals surface area (Å²) in [5.74, 6) is 0.218. The summed E-state index contributed by atoms with van der Waals surface area (Å²) in [6.07, 6.45) is 3.43. The second kappa shape index (κ2) is 9.59. The smallest absolute Gasteiger partial charge is 0.206 e. The van der Waals surface area contributed by atoms with Crippen LogP contribution in [0.4, 0.5) is 0 Å². The summed E-state index contributed by atoms with van der Waals surface area (Å²) in [4.78, 5) is 12.9. The first kappa shape index (κ1) is 15.4. The van der Waals surface area contributed by atoms with Crippen LogP contribution < -0.4 is 10.6 Å². The molecule has 1 saturated heterocycles. The van der Waals surface area contributed by atoms with Crippen molar-refractivity contribution < 1.29 is 9.90 Å². The maximum absolute atomic E-state index is 9.06. The molecule has 96 valence electrons. The van der Waals surface area contributed by atoms with Crippen molar-refractivity contribution in [2.75, 3.05) is 13.6 Å². The summed E-state index contributed by atoms with van der Waals surface area (Å²) in [5, 5.41) is 14.2. The lowest BCUT2D eigenvalue weighted by Crippen LogP contribution is -2.39. The van der Waals surface area contributed by atoms with Crippen LogP contribution in [0.1, 0.15) is 19.0 Å². The van der Waals surface area contributed by atoms with Gasteiger partial charge in [0.05, 0.1) is 6.20 Å². The average Bonchev–Trinajstić information content (AvgIpc) is 2.31. The first-order valence-corrected chi connectivity index (χ1v) is 5.56. The van der Waals surface area contributed by atoms with Crippen molar-refractivity contribution in [3.8, 4) is 5.75 Å². The van der Waals surface area contributed by atoms with Crippen LogP contribution in [0.25, 0.3) is 0 Å². The monoisotopic (exact) mass is 239 g/mol. The van der Waals surface area contributed by atoms with Crippen LogP contribution in [0.2, 0.25) is 0 Å². The van der Waals surface area contributed by atoms with Gasteiger partial charge in [-0.2, -0.15) is 0 Å². The summed E-state index contributed by atoms with van der Waals surface area (Å²) in [5.41, 5.74) is 0.919. The van der Waals surface area contributed by atoms with E-state index in [1.54, 1.807) is 19.2 Å². The zero-order valence-corrected chi connectivity index (χ0v) is 10.6. The minimum Gasteiger partial charge on any atom is -0.506 e. The van der Waals surface area contributed by atoms with E-state index in [1.807, 2.05) is 6.92 Å². The number of nitrogens with one attached hydrogen (secondary N) is 2. The normalized spacial score (nSPS) is 16.3. The average molecular weight is 239 g/mol. The molecule has 0 radical (unpaired) electrons. The number of carbonyl (C=O) groups excluding carboxylic acids is 1. The Morgan fingerprint density at radius 2 is 2.12 bits per heavy atom. The molecule has 0 saturated carbocycles. The third kappa shape index (κ3) is 9.32. The number of carbonyl (C=O) groups is 1. The van der Waals surface area contributed by atoms with Crippen molar-refractivity contribution in [1.29, 1.82) is 0 Å². The Morgan fingerprint density at radius 3 is 2.29 bits per heavy atom. The molecule has 5 heteroatoms. The van der Waals surface area contributed by atoms with Crippen molar-refractivity contribution >= 4 is 6.41 Å². The van der Waals surface area contributed by atoms with E-state index in [2.05, 4.69) is 22.5 Å². The van der Waals surface area contributed by atoms with Gasteiger partial charge in [0.15, 0.2) is 0 Å². The van der Waals surface area contributed by atoms with Crippen LogP contribution in [-0.4, -0.2) is 36.1 Å². The van der Waals surface area contributed by atoms with Gasteiger partial charge in [-0.3, -0.25) is 9.78 Å². The first-order chi connectivity index (χ1) is 8.10. The van der Waals surface area contributed by atoms with Gasteiger partial charge in [-0.15, -0.1) is 0 Å². The number of aromatic hydroxyl groups is 1. The summed E-state index contributed by atoms with van der Waals surface area (Å²) in [7, 11) is 1.56. The van der Waals surface area contributed by atoms with E-state index in [0.717, 1.165) is 11.7 Å². The standard InChI is InChI=1S/C6H7NO.C4H9N.C2H5NO/c1-5-2-3-6(8)4-7-5;1-4-2-3-5-4;1-3-2-4/h2-4,8H,1H3;4-5H,2-3H2,1H3;2H,1H3,(H,3,4). The molecule has 0 bridgehead atoms. The summed E-state index contributed by atoms with van der Waals surface area (Å²) >= 11 is 0. The SMILES string of the molecule is CC1CCN1.CNC=O.Cc1ccc(O)cn1. The Morgan fingerprint density at radius 1 is 1.59 bits per heavy atom. The van der Waals surface area contributed by atoms with Crippen LogP contribution in [-0.2, 0) is 4.79 Å². The number of aromatic nitrogens is 1. The molecule has 1 unspecified atom stereocenters. The molecule has 1 amide bonds. The molecular weight excluding hydrogens is 218 g/mol. The first-order valence-electron chi connectivity index (χ1n) is 5.56. The maximum atomic E-state index is 9.06. The Labute approximate surface area is 102 Å². The molecule has 1 atom stereocenters. The van der Waals surface area contributed by atoms with Gasteiger partial charge in [0.2, 0.25) is 6.41 Å². The van der Waals surface area contributed by atoms with Crippen molar-refractivity contribution in [2.24, 2.45) is 0 Å². The summed E-state index contributed by atoms with van der Waals surface area (Å²) < 4.78 is 0. The second-order valence-corrected chi connectivity index (χ2v) is 3.71. The Balaban J connectivity index is 0.000000246. The number of hydrogen-bond donors (Lipinski definition) is 3. The molecule has 0 aromatic carbocycles. The fourth-order valence-corrected chi connectivity index (χ4v) is 0.893. The van der Waals surface area contributed by atoms with Gasteiger partial charge in [0.25, 0.3) is 0 Å². The van der Waals surface area contributed by atoms with E-state index in [4.69, 9.17) is 9.90 Å². The largest absolute Gasteiger partial charge is 0.506 e. The minimum atomic E-state index is 0.218. The molecule has 1 aromatic heterocycles. The molecule has 1 aliphatic heterocycles. The van der Waals surface area contributed by atoms with Crippen molar-refractivity contribution in [3.05, 3.63) is 24.0 Å². The number of rotatable bonds is 1. The van der Waals surface area contributed by atoms with Gasteiger partial charge >= 0.3 is 0 Å². The predicted octanol–water partition coefficient (Wildman–Crippen LogP) is 0.826. The van der Waals surface area contributed by atoms with Gasteiger partial charge in [0, 0.05) is 18.8 Å². The highest BCUT2D eigenvalue weighted by molar-refractivity contribution is 5.44. The predicted molar refractivity (Wildman–Crippen MR) is 67.8 cm³/mol. The molecule has 5 nitrogen and oxygen atoms in total. The highest BCUT2D eigenvalue weighted by Gasteiger charge is 2.07. The van der Waals surface area contributed by atoms with Crippen molar-refractivity contribution in [3.63, 3.8) is 0 Å². The fourth-order valence-electron chi connectivity index (χ4n) is 0.893. The Hall–Kier alpha value is -1.62. The third-order valence-corrected chi connectivity index (χ3v) is 2.08. The van der Waals surface area contributed by atoms with Gasteiger partial charge in [-0.25, -0.2) is 0 Å². The molecule has 2 heterocycles. The van der Waals surface area contributed by atoms with Crippen LogP contribution in [0.5, 0.6) is 5.75 Å². The quantitative estimate of drug-likeness (QED) is 0.634. The van der Waals surface area contributed by atoms with E-state index in [-0.39, 0.29) is 5.75 Å². The Kier molecular flexibility index (Phi) is 8.68. The van der Waals surface area contributed by atoms with E-state index < -0.39 is 0 Å². The summed E-state index contributed by atoms with van der Waals surface area (Å²) in [6, 6.07) is 4.19.